The van der Waals surface area contributed by atoms with Gasteiger partial charge in [-0.15, -0.1) is 0 Å². The Hall–Kier alpha value is -2.04. The molecule has 0 spiro atoms. The average Bonchev–Trinajstić information content (AvgIpc) is 3.30. The number of guanidine groups is 1. The molecule has 0 aliphatic heterocycles. The second-order valence-electron chi connectivity index (χ2n) is 7.86. The molecule has 5 nitrogen and oxygen atoms in total. The summed E-state index contributed by atoms with van der Waals surface area (Å²) in [6, 6.07) is 10.6. The van der Waals surface area contributed by atoms with Gasteiger partial charge in [-0.3, -0.25) is 9.79 Å². The van der Waals surface area contributed by atoms with E-state index in [1.54, 1.807) is 0 Å². The van der Waals surface area contributed by atoms with Crippen LogP contribution in [0.15, 0.2) is 35.3 Å². The highest BCUT2D eigenvalue weighted by Gasteiger charge is 2.37. The van der Waals surface area contributed by atoms with Gasteiger partial charge in [0.05, 0.1) is 6.54 Å². The zero-order valence-corrected chi connectivity index (χ0v) is 16.2. The zero-order chi connectivity index (χ0) is 18.4. The Morgan fingerprint density at radius 2 is 1.96 bits per heavy atom. The fraction of sp³-hybridized carbons (Fsp3) is 0.600. The van der Waals surface area contributed by atoms with Gasteiger partial charge in [0.2, 0.25) is 5.91 Å². The van der Waals surface area contributed by atoms with Gasteiger partial charge in [-0.25, -0.2) is 0 Å². The van der Waals surface area contributed by atoms with Crippen molar-refractivity contribution in [1.29, 1.82) is 0 Å². The molecule has 1 fully saturated rings. The molecule has 0 bridgehead atoms. The molecule has 0 radical (unpaired) electrons. The standard InChI is InChI=1S/C20H32N4O/c1-6-21-19(24(5)14-18(25)23-20(2,3)4)22-13-16-12-17(16)15-10-8-7-9-11-15/h7-11,16-17H,6,12-14H2,1-5H3,(H,21,22)(H,23,25). The summed E-state index contributed by atoms with van der Waals surface area (Å²) < 4.78 is 0. The Kier molecular flexibility index (Phi) is 6.45. The minimum Gasteiger partial charge on any atom is -0.357 e. The van der Waals surface area contributed by atoms with E-state index in [1.165, 1.54) is 12.0 Å². The molecule has 0 heterocycles. The van der Waals surface area contributed by atoms with Crippen LogP contribution in [-0.2, 0) is 4.79 Å². The number of hydrogen-bond donors (Lipinski definition) is 2. The Morgan fingerprint density at radius 1 is 1.28 bits per heavy atom. The average molecular weight is 345 g/mol. The van der Waals surface area contributed by atoms with E-state index in [4.69, 9.17) is 4.99 Å². The van der Waals surface area contributed by atoms with Gasteiger partial charge in [0.25, 0.3) is 0 Å². The first-order valence-electron chi connectivity index (χ1n) is 9.15. The van der Waals surface area contributed by atoms with E-state index in [2.05, 4.69) is 41.0 Å². The number of likely N-dealkylation sites (N-methyl/N-ethyl adjacent to an activating group) is 1. The summed E-state index contributed by atoms with van der Waals surface area (Å²) in [5, 5.41) is 6.27. The summed E-state index contributed by atoms with van der Waals surface area (Å²) in [6.45, 7) is 9.89. The fourth-order valence-electron chi connectivity index (χ4n) is 2.98. The van der Waals surface area contributed by atoms with Gasteiger partial charge in [0.1, 0.15) is 0 Å². The molecule has 2 atom stereocenters. The number of hydrogen-bond acceptors (Lipinski definition) is 2. The molecule has 1 aliphatic carbocycles. The SMILES string of the molecule is CCNC(=NCC1CC1c1ccccc1)N(C)CC(=O)NC(C)(C)C. The van der Waals surface area contributed by atoms with E-state index in [-0.39, 0.29) is 11.4 Å². The lowest BCUT2D eigenvalue weighted by atomic mass is 10.1. The topological polar surface area (TPSA) is 56.7 Å². The first kappa shape index (κ1) is 19.3. The third kappa shape index (κ3) is 6.40. The van der Waals surface area contributed by atoms with Crippen molar-refractivity contribution in [3.8, 4) is 0 Å². The number of nitrogens with one attached hydrogen (secondary N) is 2. The van der Waals surface area contributed by atoms with Crippen LogP contribution in [0.4, 0.5) is 0 Å². The van der Waals surface area contributed by atoms with Gasteiger partial charge in [0, 0.05) is 25.7 Å². The van der Waals surface area contributed by atoms with Crippen LogP contribution in [-0.4, -0.2) is 49.0 Å². The predicted octanol–water partition coefficient (Wildman–Crippen LogP) is 2.60. The lowest BCUT2D eigenvalue weighted by Crippen LogP contribution is -2.48. The minimum absolute atomic E-state index is 0.00851. The number of carbonyl (C=O) groups is 1. The zero-order valence-electron chi connectivity index (χ0n) is 16.2. The van der Waals surface area contributed by atoms with Gasteiger partial charge in [-0.1, -0.05) is 30.3 Å². The van der Waals surface area contributed by atoms with E-state index in [9.17, 15) is 4.79 Å². The van der Waals surface area contributed by atoms with Crippen molar-refractivity contribution in [2.24, 2.45) is 10.9 Å². The van der Waals surface area contributed by atoms with Gasteiger partial charge in [-0.2, -0.15) is 0 Å². The molecule has 138 valence electrons. The summed E-state index contributed by atoms with van der Waals surface area (Å²) >= 11 is 0. The lowest BCUT2D eigenvalue weighted by molar-refractivity contribution is -0.122. The number of carbonyl (C=O) groups excluding carboxylic acids is 1. The van der Waals surface area contributed by atoms with E-state index >= 15 is 0 Å². The van der Waals surface area contributed by atoms with Crippen LogP contribution in [0.3, 0.4) is 0 Å². The monoisotopic (exact) mass is 344 g/mol. The first-order chi connectivity index (χ1) is 11.8. The molecular formula is C20H32N4O. The van der Waals surface area contributed by atoms with E-state index in [1.807, 2.05) is 39.6 Å². The minimum atomic E-state index is -0.218. The molecular weight excluding hydrogens is 312 g/mol. The molecule has 25 heavy (non-hydrogen) atoms. The number of aliphatic imine (C=N–C) groups is 1. The molecule has 1 aromatic carbocycles. The maximum atomic E-state index is 12.1. The first-order valence-corrected chi connectivity index (χ1v) is 9.15. The highest BCUT2D eigenvalue weighted by atomic mass is 16.2. The van der Waals surface area contributed by atoms with Crippen LogP contribution in [0.25, 0.3) is 0 Å². The Bertz CT molecular complexity index is 591. The maximum absolute atomic E-state index is 12.1. The van der Waals surface area contributed by atoms with Crippen LogP contribution in [0, 0.1) is 5.92 Å². The van der Waals surface area contributed by atoms with Crippen LogP contribution >= 0.6 is 0 Å². The molecule has 1 aromatic rings. The van der Waals surface area contributed by atoms with Crippen molar-refractivity contribution < 1.29 is 4.79 Å². The van der Waals surface area contributed by atoms with Gasteiger partial charge >= 0.3 is 0 Å². The molecule has 2 rings (SSSR count). The molecule has 1 saturated carbocycles. The van der Waals surface area contributed by atoms with Gasteiger partial charge in [0.15, 0.2) is 5.96 Å². The summed E-state index contributed by atoms with van der Waals surface area (Å²) in [6.07, 6.45) is 1.20. The van der Waals surface area contributed by atoms with Gasteiger partial charge in [-0.05, 0) is 51.5 Å². The fourth-order valence-corrected chi connectivity index (χ4v) is 2.98. The van der Waals surface area contributed by atoms with Crippen LogP contribution in [0.5, 0.6) is 0 Å². The second kappa shape index (κ2) is 8.37. The number of rotatable bonds is 6. The largest absolute Gasteiger partial charge is 0.357 e. The maximum Gasteiger partial charge on any atom is 0.240 e. The summed E-state index contributed by atoms with van der Waals surface area (Å²) in [5.74, 6) is 2.04. The molecule has 2 unspecified atom stereocenters. The third-order valence-corrected chi connectivity index (χ3v) is 4.22. The third-order valence-electron chi connectivity index (χ3n) is 4.22. The van der Waals surface area contributed by atoms with Crippen molar-refractivity contribution in [2.45, 2.75) is 45.6 Å². The van der Waals surface area contributed by atoms with Crippen molar-refractivity contribution in [3.63, 3.8) is 0 Å². The van der Waals surface area contributed by atoms with Crippen LogP contribution in [0.1, 0.15) is 45.6 Å². The summed E-state index contributed by atoms with van der Waals surface area (Å²) in [5.41, 5.74) is 1.19. The van der Waals surface area contributed by atoms with E-state index in [0.717, 1.165) is 19.0 Å². The molecule has 2 N–H and O–H groups in total. The summed E-state index contributed by atoms with van der Waals surface area (Å²) in [4.78, 5) is 18.8. The molecule has 0 aromatic heterocycles. The molecule has 1 aliphatic rings. The smallest absolute Gasteiger partial charge is 0.240 e. The lowest BCUT2D eigenvalue weighted by Gasteiger charge is -2.25. The quantitative estimate of drug-likeness (QED) is 0.616. The Balaban J connectivity index is 1.89. The number of nitrogens with zero attached hydrogens (tertiary/aromatic N) is 2. The molecule has 5 heteroatoms. The van der Waals surface area contributed by atoms with Crippen molar-refractivity contribution in [2.75, 3.05) is 26.7 Å². The predicted molar refractivity (Wildman–Crippen MR) is 104 cm³/mol. The Morgan fingerprint density at radius 3 is 2.56 bits per heavy atom. The molecule has 0 saturated heterocycles. The highest BCUT2D eigenvalue weighted by molar-refractivity contribution is 5.86. The van der Waals surface area contributed by atoms with Crippen LogP contribution in [0.2, 0.25) is 0 Å². The van der Waals surface area contributed by atoms with Crippen molar-refractivity contribution >= 4 is 11.9 Å². The van der Waals surface area contributed by atoms with Crippen LogP contribution < -0.4 is 10.6 Å². The second-order valence-corrected chi connectivity index (χ2v) is 7.86. The van der Waals surface area contributed by atoms with Gasteiger partial charge < -0.3 is 15.5 Å². The molecule has 1 amide bonds. The van der Waals surface area contributed by atoms with E-state index in [0.29, 0.717) is 18.4 Å². The number of amides is 1. The van der Waals surface area contributed by atoms with Crippen molar-refractivity contribution in [3.05, 3.63) is 35.9 Å². The Labute approximate surface area is 151 Å². The summed E-state index contributed by atoms with van der Waals surface area (Å²) in [7, 11) is 1.91. The van der Waals surface area contributed by atoms with E-state index < -0.39 is 0 Å². The normalized spacial score (nSPS) is 20.1. The highest BCUT2D eigenvalue weighted by Crippen LogP contribution is 2.47. The number of benzene rings is 1. The van der Waals surface area contributed by atoms with Crippen molar-refractivity contribution in [1.82, 2.24) is 15.5 Å².